The fraction of sp³-hybridized carbons (Fsp3) is 0.500. The van der Waals surface area contributed by atoms with Gasteiger partial charge in [0, 0.05) is 35.2 Å². The molecule has 1 fully saturated rings. The Hall–Kier alpha value is -2.22. The number of alkyl carbamates (subject to hydrolysis) is 1. The number of thioether (sulfide) groups is 1. The number of fused-ring (bicyclic) bond motifs is 1. The van der Waals surface area contributed by atoms with Crippen LogP contribution < -0.4 is 10.6 Å². The van der Waals surface area contributed by atoms with E-state index in [9.17, 15) is 9.18 Å². The topological polar surface area (TPSA) is 79.0 Å². The van der Waals surface area contributed by atoms with Crippen LogP contribution in [0.5, 0.6) is 0 Å². The quantitative estimate of drug-likeness (QED) is 0.666. The molecule has 6 nitrogen and oxygen atoms in total. The molecule has 0 radical (unpaired) electrons. The van der Waals surface area contributed by atoms with Gasteiger partial charge < -0.3 is 15.4 Å². The Labute approximate surface area is 168 Å². The van der Waals surface area contributed by atoms with Crippen molar-refractivity contribution >= 4 is 29.4 Å². The van der Waals surface area contributed by atoms with E-state index in [0.717, 1.165) is 42.0 Å². The van der Waals surface area contributed by atoms with Crippen molar-refractivity contribution in [2.45, 2.75) is 62.7 Å². The Balaban J connectivity index is 1.37. The first-order valence-electron chi connectivity index (χ1n) is 9.66. The molecule has 0 spiro atoms. The molecular formula is C20H25FN4O2S. The number of anilines is 2. The number of benzene rings is 1. The number of aromatic nitrogens is 2. The minimum atomic E-state index is -0.363. The molecule has 1 aromatic heterocycles. The highest BCUT2D eigenvalue weighted by atomic mass is 32.2. The number of hydrogen-bond donors (Lipinski definition) is 3. The second-order valence-electron chi connectivity index (χ2n) is 7.76. The molecule has 0 unspecified atom stereocenters. The summed E-state index contributed by atoms with van der Waals surface area (Å²) in [5.41, 5.74) is 3.70. The zero-order valence-electron chi connectivity index (χ0n) is 16.0. The van der Waals surface area contributed by atoms with Crippen LogP contribution in [0.25, 0.3) is 0 Å². The predicted octanol–water partition coefficient (Wildman–Crippen LogP) is 4.81. The van der Waals surface area contributed by atoms with E-state index in [0.29, 0.717) is 11.5 Å². The van der Waals surface area contributed by atoms with Crippen molar-refractivity contribution in [1.82, 2.24) is 15.5 Å². The van der Waals surface area contributed by atoms with Crippen LogP contribution in [0.3, 0.4) is 0 Å². The van der Waals surface area contributed by atoms with Gasteiger partial charge in [0.25, 0.3) is 0 Å². The summed E-state index contributed by atoms with van der Waals surface area (Å²) in [5, 5.41) is 13.2. The maximum Gasteiger partial charge on any atom is 0.407 e. The normalized spacial score (nSPS) is 21.0. The number of H-pyrrole nitrogens is 1. The smallest absolute Gasteiger partial charge is 0.407 e. The fourth-order valence-electron chi connectivity index (χ4n) is 3.79. The highest BCUT2D eigenvalue weighted by Crippen LogP contribution is 2.37. The average molecular weight is 405 g/mol. The van der Waals surface area contributed by atoms with Crippen LogP contribution in [0.15, 0.2) is 18.2 Å². The zero-order valence-corrected chi connectivity index (χ0v) is 16.9. The van der Waals surface area contributed by atoms with Crippen molar-refractivity contribution in [3.05, 3.63) is 40.8 Å². The van der Waals surface area contributed by atoms with Crippen molar-refractivity contribution in [3.8, 4) is 0 Å². The Morgan fingerprint density at radius 1 is 1.29 bits per heavy atom. The monoisotopic (exact) mass is 404 g/mol. The summed E-state index contributed by atoms with van der Waals surface area (Å²) in [6.45, 7) is 3.81. The van der Waals surface area contributed by atoms with Crippen molar-refractivity contribution in [3.63, 3.8) is 0 Å². The largest absolute Gasteiger partial charge is 0.446 e. The molecule has 3 N–H and O–H groups in total. The van der Waals surface area contributed by atoms with Gasteiger partial charge in [-0.25, -0.2) is 9.18 Å². The third-order valence-electron chi connectivity index (χ3n) is 5.17. The number of ether oxygens (including phenoxy) is 1. The molecule has 1 aliphatic heterocycles. The van der Waals surface area contributed by atoms with Crippen LogP contribution in [-0.4, -0.2) is 28.4 Å². The van der Waals surface area contributed by atoms with E-state index in [1.807, 2.05) is 26.0 Å². The molecule has 150 valence electrons. The summed E-state index contributed by atoms with van der Waals surface area (Å²) < 4.78 is 19.8. The van der Waals surface area contributed by atoms with E-state index in [-0.39, 0.29) is 30.0 Å². The molecule has 1 aliphatic carbocycles. The van der Waals surface area contributed by atoms with Gasteiger partial charge in [-0.1, -0.05) is 0 Å². The molecule has 2 heterocycles. The molecular weight excluding hydrogens is 379 g/mol. The van der Waals surface area contributed by atoms with Crippen LogP contribution in [0.2, 0.25) is 0 Å². The fourth-order valence-corrected chi connectivity index (χ4v) is 4.87. The lowest BCUT2D eigenvalue weighted by molar-refractivity contribution is 0.0981. The number of aromatic amines is 1. The van der Waals surface area contributed by atoms with Crippen LogP contribution in [0.4, 0.5) is 20.7 Å². The second kappa shape index (κ2) is 8.03. The summed E-state index contributed by atoms with van der Waals surface area (Å²) in [5.74, 6) is 2.39. The van der Waals surface area contributed by atoms with Gasteiger partial charge in [-0.05, 0) is 56.4 Å². The van der Waals surface area contributed by atoms with Gasteiger partial charge in [-0.2, -0.15) is 16.9 Å². The molecule has 4 rings (SSSR count). The van der Waals surface area contributed by atoms with Gasteiger partial charge in [-0.15, -0.1) is 0 Å². The van der Waals surface area contributed by atoms with Gasteiger partial charge in [0.05, 0.1) is 5.69 Å². The predicted molar refractivity (Wildman–Crippen MR) is 108 cm³/mol. The SMILES string of the molecule is CC(C)NC(=O)O[C@H]1CC[C@@H](c2cc(Nc3cc4c(cc3F)CSC4)n[nH]2)C1. The van der Waals surface area contributed by atoms with E-state index >= 15 is 0 Å². The van der Waals surface area contributed by atoms with Gasteiger partial charge in [0.2, 0.25) is 0 Å². The van der Waals surface area contributed by atoms with Crippen molar-refractivity contribution in [1.29, 1.82) is 0 Å². The Morgan fingerprint density at radius 3 is 2.86 bits per heavy atom. The van der Waals surface area contributed by atoms with Gasteiger partial charge >= 0.3 is 6.09 Å². The Morgan fingerprint density at radius 2 is 2.07 bits per heavy atom. The summed E-state index contributed by atoms with van der Waals surface area (Å²) in [6, 6.07) is 5.48. The first-order chi connectivity index (χ1) is 13.5. The summed E-state index contributed by atoms with van der Waals surface area (Å²) in [7, 11) is 0. The van der Waals surface area contributed by atoms with E-state index in [4.69, 9.17) is 4.74 Å². The van der Waals surface area contributed by atoms with E-state index in [1.165, 1.54) is 5.56 Å². The van der Waals surface area contributed by atoms with E-state index in [2.05, 4.69) is 20.8 Å². The molecule has 2 aromatic rings. The number of hydrogen-bond acceptors (Lipinski definition) is 5. The van der Waals surface area contributed by atoms with Gasteiger partial charge in [0.1, 0.15) is 11.9 Å². The first-order valence-corrected chi connectivity index (χ1v) is 10.8. The lowest BCUT2D eigenvalue weighted by atomic mass is 10.0. The van der Waals surface area contributed by atoms with Crippen molar-refractivity contribution in [2.24, 2.45) is 0 Å². The third kappa shape index (κ3) is 4.27. The number of nitrogens with one attached hydrogen (secondary N) is 3. The zero-order chi connectivity index (χ0) is 19.7. The number of rotatable bonds is 5. The van der Waals surface area contributed by atoms with Crippen LogP contribution in [0, 0.1) is 5.82 Å². The van der Waals surface area contributed by atoms with E-state index < -0.39 is 0 Å². The second-order valence-corrected chi connectivity index (χ2v) is 8.75. The van der Waals surface area contributed by atoms with Crippen LogP contribution >= 0.6 is 11.8 Å². The minimum absolute atomic E-state index is 0.0594. The molecule has 1 saturated carbocycles. The number of halogens is 1. The number of carbonyl (C=O) groups excluding carboxylic acids is 1. The minimum Gasteiger partial charge on any atom is -0.446 e. The van der Waals surface area contributed by atoms with Gasteiger partial charge in [-0.3, -0.25) is 5.10 Å². The molecule has 8 heteroatoms. The highest BCUT2D eigenvalue weighted by molar-refractivity contribution is 7.98. The number of nitrogens with zero attached hydrogens (tertiary/aromatic N) is 1. The highest BCUT2D eigenvalue weighted by Gasteiger charge is 2.30. The summed E-state index contributed by atoms with van der Waals surface area (Å²) >= 11 is 1.80. The van der Waals surface area contributed by atoms with Crippen molar-refractivity contribution < 1.29 is 13.9 Å². The van der Waals surface area contributed by atoms with E-state index in [1.54, 1.807) is 17.8 Å². The standard InChI is InChI=1S/C20H25FN4O2S/c1-11(2)22-20(26)27-15-4-3-12(5-15)17-8-19(25-24-17)23-18-7-14-10-28-9-13(14)6-16(18)21/h6-8,11-12,15H,3-5,9-10H2,1-2H3,(H,22,26)(H2,23,24,25)/t12-,15+/m1/s1. The maximum absolute atomic E-state index is 14.3. The molecule has 0 saturated heterocycles. The van der Waals surface area contributed by atoms with Gasteiger partial charge in [0.15, 0.2) is 5.82 Å². The lowest BCUT2D eigenvalue weighted by Crippen LogP contribution is -2.33. The van der Waals surface area contributed by atoms with Crippen LogP contribution in [0.1, 0.15) is 55.8 Å². The summed E-state index contributed by atoms with van der Waals surface area (Å²) in [6.07, 6.45) is 2.06. The first kappa shape index (κ1) is 19.1. The average Bonchev–Trinajstić information content (AvgIpc) is 3.35. The molecule has 28 heavy (non-hydrogen) atoms. The maximum atomic E-state index is 14.3. The summed E-state index contributed by atoms with van der Waals surface area (Å²) in [4.78, 5) is 11.8. The number of carbonyl (C=O) groups is 1. The molecule has 2 atom stereocenters. The Kier molecular flexibility index (Phi) is 5.48. The molecule has 0 bridgehead atoms. The molecule has 1 amide bonds. The third-order valence-corrected chi connectivity index (χ3v) is 6.20. The lowest BCUT2D eigenvalue weighted by Gasteiger charge is -2.14. The number of amides is 1. The van der Waals surface area contributed by atoms with Crippen molar-refractivity contribution in [2.75, 3.05) is 5.32 Å². The molecule has 2 aliphatic rings. The molecule has 1 aromatic carbocycles. The van der Waals surface area contributed by atoms with Crippen LogP contribution in [-0.2, 0) is 16.2 Å². The Bertz CT molecular complexity index is 870.